The molecule has 1 atom stereocenters. The first-order chi connectivity index (χ1) is 14.8. The van der Waals surface area contributed by atoms with E-state index in [9.17, 15) is 14.4 Å². The molecule has 0 aromatic heterocycles. The molecule has 1 aromatic rings. The van der Waals surface area contributed by atoms with Crippen LogP contribution in [0.5, 0.6) is 0 Å². The third-order valence-corrected chi connectivity index (χ3v) is 5.30. The molecule has 0 saturated carbocycles. The number of carbonyl (C=O) groups excluding carboxylic acids is 3. The van der Waals surface area contributed by atoms with Crippen LogP contribution in [0.3, 0.4) is 0 Å². The number of amides is 3. The standard InChI is InChI=1S/C25H41N3O4/c1-9-11-16-26-22(30)21(19-14-12-18(3)13-15-19)28(25(7,8)10-2)20(29)17-27-23(31)32-24(4,5)6/h12-15,21H,9-11,16-17H2,1-8H3,(H,26,30)(H,27,31). The van der Waals surface area contributed by atoms with E-state index in [0.29, 0.717) is 13.0 Å². The molecule has 3 amide bonds. The van der Waals surface area contributed by atoms with Gasteiger partial charge in [-0.3, -0.25) is 9.59 Å². The second-order valence-corrected chi connectivity index (χ2v) is 9.74. The lowest BCUT2D eigenvalue weighted by Crippen LogP contribution is -2.56. The van der Waals surface area contributed by atoms with Crippen LogP contribution in [0.4, 0.5) is 4.79 Å². The van der Waals surface area contributed by atoms with Gasteiger partial charge >= 0.3 is 6.09 Å². The van der Waals surface area contributed by atoms with Gasteiger partial charge < -0.3 is 20.3 Å². The van der Waals surface area contributed by atoms with E-state index in [-0.39, 0.29) is 18.4 Å². The third-order valence-electron chi connectivity index (χ3n) is 5.30. The normalized spacial score (nSPS) is 12.6. The Morgan fingerprint density at radius 2 is 1.59 bits per heavy atom. The van der Waals surface area contributed by atoms with E-state index in [4.69, 9.17) is 4.74 Å². The van der Waals surface area contributed by atoms with Crippen LogP contribution in [-0.4, -0.2) is 47.0 Å². The number of benzene rings is 1. The van der Waals surface area contributed by atoms with Crippen LogP contribution in [-0.2, 0) is 14.3 Å². The summed E-state index contributed by atoms with van der Waals surface area (Å²) in [6.07, 6.45) is 1.78. The molecule has 7 heteroatoms. The van der Waals surface area contributed by atoms with Crippen LogP contribution in [0.1, 0.15) is 84.9 Å². The van der Waals surface area contributed by atoms with Gasteiger partial charge in [0, 0.05) is 12.1 Å². The maximum atomic E-state index is 13.4. The van der Waals surface area contributed by atoms with Crippen LogP contribution in [0, 0.1) is 6.92 Å². The van der Waals surface area contributed by atoms with Gasteiger partial charge in [-0.2, -0.15) is 0 Å². The number of ether oxygens (including phenoxy) is 1. The summed E-state index contributed by atoms with van der Waals surface area (Å²) in [4.78, 5) is 40.4. The molecular formula is C25H41N3O4. The second-order valence-electron chi connectivity index (χ2n) is 9.74. The molecule has 0 saturated heterocycles. The smallest absolute Gasteiger partial charge is 0.408 e. The zero-order valence-electron chi connectivity index (χ0n) is 21.0. The van der Waals surface area contributed by atoms with Gasteiger partial charge in [0.25, 0.3) is 0 Å². The minimum absolute atomic E-state index is 0.227. The first-order valence-electron chi connectivity index (χ1n) is 11.5. The number of hydrogen-bond donors (Lipinski definition) is 2. The highest BCUT2D eigenvalue weighted by Gasteiger charge is 2.39. The quantitative estimate of drug-likeness (QED) is 0.517. The minimum Gasteiger partial charge on any atom is -0.444 e. The van der Waals surface area contributed by atoms with Crippen molar-refractivity contribution in [3.05, 3.63) is 35.4 Å². The lowest BCUT2D eigenvalue weighted by Gasteiger charge is -2.43. The first-order valence-corrected chi connectivity index (χ1v) is 11.5. The maximum Gasteiger partial charge on any atom is 0.408 e. The average Bonchev–Trinajstić information content (AvgIpc) is 2.69. The molecule has 7 nitrogen and oxygen atoms in total. The molecular weight excluding hydrogens is 406 g/mol. The topological polar surface area (TPSA) is 87.7 Å². The summed E-state index contributed by atoms with van der Waals surface area (Å²) in [5.74, 6) is -0.576. The molecule has 0 aliphatic carbocycles. The number of rotatable bonds is 10. The van der Waals surface area contributed by atoms with Crippen LogP contribution in [0.15, 0.2) is 24.3 Å². The van der Waals surface area contributed by atoms with Crippen LogP contribution in [0.2, 0.25) is 0 Å². The number of carbonyl (C=O) groups is 3. The van der Waals surface area contributed by atoms with E-state index < -0.39 is 23.3 Å². The molecule has 0 heterocycles. The van der Waals surface area contributed by atoms with Crippen molar-refractivity contribution in [3.63, 3.8) is 0 Å². The Hall–Kier alpha value is -2.57. The van der Waals surface area contributed by atoms with Gasteiger partial charge in [-0.05, 0) is 59.9 Å². The summed E-state index contributed by atoms with van der Waals surface area (Å²) in [5, 5.41) is 5.52. The highest BCUT2D eigenvalue weighted by Crippen LogP contribution is 2.31. The Morgan fingerprint density at radius 3 is 2.09 bits per heavy atom. The molecule has 0 spiro atoms. The van der Waals surface area contributed by atoms with Crippen molar-refractivity contribution in [2.75, 3.05) is 13.1 Å². The van der Waals surface area contributed by atoms with Gasteiger partial charge in [0.1, 0.15) is 18.2 Å². The highest BCUT2D eigenvalue weighted by atomic mass is 16.6. The van der Waals surface area contributed by atoms with Crippen molar-refractivity contribution in [3.8, 4) is 0 Å². The Balaban J connectivity index is 3.27. The first kappa shape index (κ1) is 27.5. The molecule has 0 aliphatic rings. The summed E-state index contributed by atoms with van der Waals surface area (Å²) in [6.45, 7) is 15.4. The molecule has 32 heavy (non-hydrogen) atoms. The van der Waals surface area contributed by atoms with Crippen molar-refractivity contribution in [1.29, 1.82) is 0 Å². The van der Waals surface area contributed by atoms with Gasteiger partial charge in [-0.1, -0.05) is 50.1 Å². The average molecular weight is 448 g/mol. The summed E-state index contributed by atoms with van der Waals surface area (Å²) in [6, 6.07) is 6.82. The highest BCUT2D eigenvalue weighted by molar-refractivity contribution is 5.91. The van der Waals surface area contributed by atoms with Crippen LogP contribution >= 0.6 is 0 Å². The summed E-state index contributed by atoms with van der Waals surface area (Å²) >= 11 is 0. The number of unbranched alkanes of at least 4 members (excludes halogenated alkanes) is 1. The van der Waals surface area contributed by atoms with Gasteiger partial charge in [-0.15, -0.1) is 0 Å². The van der Waals surface area contributed by atoms with Crippen molar-refractivity contribution in [1.82, 2.24) is 15.5 Å². The van der Waals surface area contributed by atoms with Gasteiger partial charge in [-0.25, -0.2) is 4.79 Å². The Bertz CT molecular complexity index is 766. The lowest BCUT2D eigenvalue weighted by atomic mass is 9.92. The Labute approximate surface area is 193 Å². The number of alkyl carbamates (subject to hydrolysis) is 1. The van der Waals surface area contributed by atoms with E-state index in [1.807, 2.05) is 52.0 Å². The van der Waals surface area contributed by atoms with E-state index in [1.54, 1.807) is 25.7 Å². The molecule has 0 radical (unpaired) electrons. The van der Waals surface area contributed by atoms with Crippen molar-refractivity contribution in [2.24, 2.45) is 0 Å². The minimum atomic E-state index is -0.810. The van der Waals surface area contributed by atoms with E-state index in [1.165, 1.54) is 0 Å². The third kappa shape index (κ3) is 8.52. The number of nitrogens with zero attached hydrogens (tertiary/aromatic N) is 1. The van der Waals surface area contributed by atoms with Gasteiger partial charge in [0.15, 0.2) is 0 Å². The fourth-order valence-corrected chi connectivity index (χ4v) is 3.20. The molecule has 1 rings (SSSR count). The molecule has 2 N–H and O–H groups in total. The van der Waals surface area contributed by atoms with Gasteiger partial charge in [0.05, 0.1) is 0 Å². The number of nitrogens with one attached hydrogen (secondary N) is 2. The Kier molecular flexibility index (Phi) is 10.2. The number of hydrogen-bond acceptors (Lipinski definition) is 4. The van der Waals surface area contributed by atoms with E-state index in [0.717, 1.165) is 24.0 Å². The lowest BCUT2D eigenvalue weighted by molar-refractivity contribution is -0.146. The predicted octanol–water partition coefficient (Wildman–Crippen LogP) is 4.49. The SMILES string of the molecule is CCCCNC(=O)C(c1ccc(C)cc1)N(C(=O)CNC(=O)OC(C)(C)C)C(C)(C)CC. The molecule has 0 bridgehead atoms. The fraction of sp³-hybridized carbons (Fsp3) is 0.640. The molecule has 180 valence electrons. The largest absolute Gasteiger partial charge is 0.444 e. The fourth-order valence-electron chi connectivity index (χ4n) is 3.20. The summed E-state index contributed by atoms with van der Waals surface area (Å²) in [5.41, 5.74) is 0.513. The van der Waals surface area contributed by atoms with Crippen LogP contribution in [0.25, 0.3) is 0 Å². The monoisotopic (exact) mass is 447 g/mol. The van der Waals surface area contributed by atoms with Crippen LogP contribution < -0.4 is 10.6 Å². The summed E-state index contributed by atoms with van der Waals surface area (Å²) < 4.78 is 5.25. The zero-order valence-corrected chi connectivity index (χ0v) is 21.0. The molecule has 0 aliphatic heterocycles. The maximum absolute atomic E-state index is 13.4. The van der Waals surface area contributed by atoms with E-state index >= 15 is 0 Å². The van der Waals surface area contributed by atoms with Crippen molar-refractivity contribution >= 4 is 17.9 Å². The van der Waals surface area contributed by atoms with Crippen molar-refractivity contribution in [2.45, 2.75) is 91.8 Å². The second kappa shape index (κ2) is 11.9. The summed E-state index contributed by atoms with van der Waals surface area (Å²) in [7, 11) is 0. The zero-order chi connectivity index (χ0) is 24.5. The number of aryl methyl sites for hydroxylation is 1. The Morgan fingerprint density at radius 1 is 1.00 bits per heavy atom. The van der Waals surface area contributed by atoms with Gasteiger partial charge in [0.2, 0.25) is 11.8 Å². The molecule has 1 aromatic carbocycles. The van der Waals surface area contributed by atoms with Crippen molar-refractivity contribution < 1.29 is 19.1 Å². The van der Waals surface area contributed by atoms with E-state index in [2.05, 4.69) is 17.6 Å². The predicted molar refractivity (Wildman–Crippen MR) is 127 cm³/mol. The molecule has 1 unspecified atom stereocenters. The molecule has 0 fully saturated rings.